The van der Waals surface area contributed by atoms with Gasteiger partial charge in [-0.2, -0.15) is 0 Å². The van der Waals surface area contributed by atoms with Gasteiger partial charge in [0, 0.05) is 13.0 Å². The molecule has 0 radical (unpaired) electrons. The molecule has 1 aliphatic heterocycles. The van der Waals surface area contributed by atoms with E-state index in [0.717, 1.165) is 0 Å². The minimum Gasteiger partial charge on any atom is -0.495 e. The number of anilines is 2. The molecule has 9 heteroatoms. The number of benzene rings is 2. The minimum atomic E-state index is -4.02. The maximum absolute atomic E-state index is 12.8. The van der Waals surface area contributed by atoms with Crippen molar-refractivity contribution in [3.05, 3.63) is 48.0 Å². The molecule has 3 rings (SSSR count). The molecule has 0 aliphatic carbocycles. The van der Waals surface area contributed by atoms with E-state index < -0.39 is 15.9 Å². The van der Waals surface area contributed by atoms with Crippen LogP contribution >= 0.6 is 0 Å². The average molecular weight is 389 g/mol. The molecule has 1 saturated heterocycles. The quantitative estimate of drug-likeness (QED) is 0.780. The number of nitrogens with one attached hydrogen (secondary N) is 1. The zero-order valence-electron chi connectivity index (χ0n) is 14.6. The van der Waals surface area contributed by atoms with Crippen molar-refractivity contribution in [3.63, 3.8) is 0 Å². The molecule has 0 aromatic heterocycles. The van der Waals surface area contributed by atoms with Crippen molar-refractivity contribution in [1.82, 2.24) is 0 Å². The van der Waals surface area contributed by atoms with Gasteiger partial charge in [0.2, 0.25) is 5.91 Å². The fourth-order valence-corrected chi connectivity index (χ4v) is 4.04. The van der Waals surface area contributed by atoms with E-state index in [0.29, 0.717) is 30.8 Å². The molecule has 2 amide bonds. The van der Waals surface area contributed by atoms with Gasteiger partial charge in [0.1, 0.15) is 5.75 Å². The molecule has 1 fully saturated rings. The number of rotatable bonds is 6. The third kappa shape index (κ3) is 3.72. The average Bonchev–Trinajstić information content (AvgIpc) is 3.07. The smallest absolute Gasteiger partial charge is 0.261 e. The Morgan fingerprint density at radius 2 is 1.96 bits per heavy atom. The molecule has 8 nitrogen and oxygen atoms in total. The Labute approximate surface area is 157 Å². The zero-order chi connectivity index (χ0) is 19.6. The van der Waals surface area contributed by atoms with Gasteiger partial charge in [-0.1, -0.05) is 12.1 Å². The number of para-hydroxylation sites is 1. The number of carbonyl (C=O) groups is 2. The summed E-state index contributed by atoms with van der Waals surface area (Å²) >= 11 is 0. The van der Waals surface area contributed by atoms with Crippen LogP contribution in [0.25, 0.3) is 0 Å². The molecule has 0 spiro atoms. The van der Waals surface area contributed by atoms with Crippen molar-refractivity contribution in [3.8, 4) is 5.75 Å². The molecular formula is C18H19N3O5S. The Kier molecular flexibility index (Phi) is 5.04. The molecule has 2 aromatic carbocycles. The van der Waals surface area contributed by atoms with Crippen LogP contribution in [0.1, 0.15) is 23.2 Å². The molecule has 1 heterocycles. The summed E-state index contributed by atoms with van der Waals surface area (Å²) < 4.78 is 33.3. The van der Waals surface area contributed by atoms with Gasteiger partial charge in [-0.05, 0) is 36.8 Å². The molecule has 0 atom stereocenters. The molecule has 0 bridgehead atoms. The van der Waals surface area contributed by atoms with E-state index in [-0.39, 0.29) is 22.1 Å². The minimum absolute atomic E-state index is 0.0581. The number of amides is 2. The highest BCUT2D eigenvalue weighted by Gasteiger charge is 2.27. The number of carbonyl (C=O) groups excluding carboxylic acids is 2. The maximum Gasteiger partial charge on any atom is 0.261 e. The fourth-order valence-electron chi connectivity index (χ4n) is 2.94. The lowest BCUT2D eigenvalue weighted by Crippen LogP contribution is -2.25. The Balaban J connectivity index is 2.00. The SMILES string of the molecule is COc1ccc(S(=O)(=O)Nc2ccccc2C(N)=O)cc1N1CCCC1=O. The predicted octanol–water partition coefficient (Wildman–Crippen LogP) is 1.72. The lowest BCUT2D eigenvalue weighted by Gasteiger charge is -2.20. The van der Waals surface area contributed by atoms with Gasteiger partial charge in [0.05, 0.1) is 28.9 Å². The van der Waals surface area contributed by atoms with E-state index in [1.165, 1.54) is 42.3 Å². The van der Waals surface area contributed by atoms with Crippen LogP contribution < -0.4 is 20.1 Å². The van der Waals surface area contributed by atoms with Gasteiger partial charge in [-0.15, -0.1) is 0 Å². The third-order valence-corrected chi connectivity index (χ3v) is 5.62. The second-order valence-electron chi connectivity index (χ2n) is 6.00. The molecule has 0 saturated carbocycles. The van der Waals surface area contributed by atoms with Crippen LogP contribution in [0.4, 0.5) is 11.4 Å². The lowest BCUT2D eigenvalue weighted by molar-refractivity contribution is -0.117. The van der Waals surface area contributed by atoms with Crippen molar-refractivity contribution in [2.45, 2.75) is 17.7 Å². The Hall–Kier alpha value is -3.07. The molecule has 2 aromatic rings. The third-order valence-electron chi connectivity index (χ3n) is 4.26. The number of ether oxygens (including phenoxy) is 1. The Morgan fingerprint density at radius 1 is 1.22 bits per heavy atom. The van der Waals surface area contributed by atoms with E-state index >= 15 is 0 Å². The number of primary amides is 1. The van der Waals surface area contributed by atoms with Gasteiger partial charge in [0.15, 0.2) is 0 Å². The summed E-state index contributed by atoms with van der Waals surface area (Å²) in [5.41, 5.74) is 5.83. The van der Waals surface area contributed by atoms with Crippen molar-refractivity contribution in [2.24, 2.45) is 5.73 Å². The van der Waals surface area contributed by atoms with Gasteiger partial charge in [-0.3, -0.25) is 14.3 Å². The highest BCUT2D eigenvalue weighted by atomic mass is 32.2. The topological polar surface area (TPSA) is 119 Å². The van der Waals surface area contributed by atoms with E-state index in [1.807, 2.05) is 0 Å². The maximum atomic E-state index is 12.8. The van der Waals surface area contributed by atoms with Gasteiger partial charge in [0.25, 0.3) is 15.9 Å². The summed E-state index contributed by atoms with van der Waals surface area (Å²) in [6.45, 7) is 0.497. The molecule has 142 valence electrons. The van der Waals surface area contributed by atoms with Gasteiger partial charge >= 0.3 is 0 Å². The first-order valence-corrected chi connectivity index (χ1v) is 9.72. The van der Waals surface area contributed by atoms with E-state index in [4.69, 9.17) is 10.5 Å². The number of nitrogens with two attached hydrogens (primary N) is 1. The summed E-state index contributed by atoms with van der Waals surface area (Å²) in [5.74, 6) is -0.428. The van der Waals surface area contributed by atoms with Crippen LogP contribution in [0.5, 0.6) is 5.75 Å². The predicted molar refractivity (Wildman–Crippen MR) is 100 cm³/mol. The van der Waals surface area contributed by atoms with Crippen molar-refractivity contribution in [1.29, 1.82) is 0 Å². The zero-order valence-corrected chi connectivity index (χ0v) is 15.5. The standard InChI is InChI=1S/C18H19N3O5S/c1-26-16-9-8-12(11-15(16)21-10-4-7-17(21)22)27(24,25)20-14-6-3-2-5-13(14)18(19)23/h2-3,5-6,8-9,11,20H,4,7,10H2,1H3,(H2,19,23). The first-order chi connectivity index (χ1) is 12.8. The summed E-state index contributed by atoms with van der Waals surface area (Å²) in [7, 11) is -2.56. The van der Waals surface area contributed by atoms with Crippen LogP contribution in [0.3, 0.4) is 0 Å². The summed E-state index contributed by atoms with van der Waals surface area (Å²) in [4.78, 5) is 25.0. The van der Waals surface area contributed by atoms with E-state index in [9.17, 15) is 18.0 Å². The molecule has 3 N–H and O–H groups in total. The highest BCUT2D eigenvalue weighted by Crippen LogP contribution is 2.34. The largest absolute Gasteiger partial charge is 0.495 e. The number of nitrogens with zero attached hydrogens (tertiary/aromatic N) is 1. The molecule has 27 heavy (non-hydrogen) atoms. The number of hydrogen-bond acceptors (Lipinski definition) is 5. The van der Waals surface area contributed by atoms with Crippen molar-refractivity contribution >= 4 is 33.2 Å². The first-order valence-electron chi connectivity index (χ1n) is 8.23. The normalized spacial score (nSPS) is 14.3. The monoisotopic (exact) mass is 389 g/mol. The summed E-state index contributed by atoms with van der Waals surface area (Å²) in [6.07, 6.45) is 1.10. The fraction of sp³-hybridized carbons (Fsp3) is 0.222. The number of hydrogen-bond donors (Lipinski definition) is 2. The highest BCUT2D eigenvalue weighted by molar-refractivity contribution is 7.92. The first kappa shape index (κ1) is 18.7. The van der Waals surface area contributed by atoms with E-state index in [2.05, 4.69) is 4.72 Å². The summed E-state index contributed by atoms with van der Waals surface area (Å²) in [5, 5.41) is 0. The Morgan fingerprint density at radius 3 is 2.59 bits per heavy atom. The number of sulfonamides is 1. The van der Waals surface area contributed by atoms with Crippen LogP contribution in [-0.4, -0.2) is 33.9 Å². The second-order valence-corrected chi connectivity index (χ2v) is 7.68. The van der Waals surface area contributed by atoms with Crippen LogP contribution in [0.2, 0.25) is 0 Å². The molecule has 0 unspecified atom stereocenters. The number of methoxy groups -OCH3 is 1. The van der Waals surface area contributed by atoms with Crippen molar-refractivity contribution in [2.75, 3.05) is 23.3 Å². The van der Waals surface area contributed by atoms with Crippen LogP contribution in [-0.2, 0) is 14.8 Å². The van der Waals surface area contributed by atoms with E-state index in [1.54, 1.807) is 12.1 Å². The summed E-state index contributed by atoms with van der Waals surface area (Å²) in [6, 6.07) is 10.3. The van der Waals surface area contributed by atoms with Crippen LogP contribution in [0.15, 0.2) is 47.4 Å². The molecular weight excluding hydrogens is 370 g/mol. The second kappa shape index (κ2) is 7.28. The van der Waals surface area contributed by atoms with Gasteiger partial charge < -0.3 is 15.4 Å². The lowest BCUT2D eigenvalue weighted by atomic mass is 10.2. The van der Waals surface area contributed by atoms with Gasteiger partial charge in [-0.25, -0.2) is 8.42 Å². The molecule has 1 aliphatic rings. The van der Waals surface area contributed by atoms with Crippen molar-refractivity contribution < 1.29 is 22.7 Å². The van der Waals surface area contributed by atoms with Crippen LogP contribution in [0, 0.1) is 0 Å². The Bertz CT molecular complexity index is 1000.